The van der Waals surface area contributed by atoms with Gasteiger partial charge in [0.2, 0.25) is 5.91 Å². The molecule has 2 unspecified atom stereocenters. The Labute approximate surface area is 266 Å². The average Bonchev–Trinajstić information content (AvgIpc) is 3.01. The van der Waals surface area contributed by atoms with Crippen molar-refractivity contribution < 1.29 is 15.0 Å². The Hall–Kier alpha value is -2.17. The Morgan fingerprint density at radius 3 is 1.40 bits per heavy atom. The summed E-state index contributed by atoms with van der Waals surface area (Å²) in [6.45, 7) is 4.18. The highest BCUT2D eigenvalue weighted by Gasteiger charge is 2.19. The molecule has 0 saturated carbocycles. The van der Waals surface area contributed by atoms with Crippen molar-refractivity contribution in [3.05, 3.63) is 72.9 Å². The molecule has 3 N–H and O–H groups in total. The quantitative estimate of drug-likeness (QED) is 0.0570. The Morgan fingerprint density at radius 1 is 0.581 bits per heavy atom. The first-order valence-electron chi connectivity index (χ1n) is 17.6. The molecule has 0 aromatic heterocycles. The molecule has 4 nitrogen and oxygen atoms in total. The minimum Gasteiger partial charge on any atom is -0.394 e. The number of carbonyl (C=O) groups excluding carboxylic acids is 1. The molecule has 0 bridgehead atoms. The molecule has 0 aliphatic heterocycles. The molecule has 0 spiro atoms. The van der Waals surface area contributed by atoms with E-state index in [4.69, 9.17) is 0 Å². The standard InChI is InChI=1S/C39H67NO3/c1-3-5-7-9-11-13-15-17-18-19-20-21-22-23-25-27-29-31-33-35-39(43)40-37(36-41)38(42)34-32-30-28-26-24-16-14-12-10-8-6-4-2/h5,7,11,13,17-18,20-21,23,25,29,31,37-38,41-42H,3-4,6,8-10,12,14-16,19,22,24,26-28,30,32-36H2,1-2H3,(H,40,43)/b7-5-,13-11-,18-17-,21-20-,25-23-,31-29-. The summed E-state index contributed by atoms with van der Waals surface area (Å²) < 4.78 is 0. The SMILES string of the molecule is CC/C=C\C/C=C\C/C=C\C/C=C\C/C=C\C/C=C\CCC(=O)NC(CO)C(O)CCCCCCCCCCCCCC. The first kappa shape index (κ1) is 40.8. The maximum atomic E-state index is 12.3. The van der Waals surface area contributed by atoms with Crippen LogP contribution in [0.15, 0.2) is 72.9 Å². The molecule has 0 rings (SSSR count). The smallest absolute Gasteiger partial charge is 0.220 e. The van der Waals surface area contributed by atoms with Crippen molar-refractivity contribution in [2.75, 3.05) is 6.61 Å². The van der Waals surface area contributed by atoms with E-state index in [-0.39, 0.29) is 12.5 Å². The second-order valence-corrected chi connectivity index (χ2v) is 11.6. The van der Waals surface area contributed by atoms with E-state index >= 15 is 0 Å². The van der Waals surface area contributed by atoms with Crippen molar-refractivity contribution in [3.63, 3.8) is 0 Å². The van der Waals surface area contributed by atoms with E-state index in [1.54, 1.807) is 0 Å². The summed E-state index contributed by atoms with van der Waals surface area (Å²) in [4.78, 5) is 12.3. The lowest BCUT2D eigenvalue weighted by Gasteiger charge is -2.22. The molecule has 0 heterocycles. The maximum Gasteiger partial charge on any atom is 0.220 e. The first-order valence-corrected chi connectivity index (χ1v) is 17.6. The molecule has 246 valence electrons. The highest BCUT2D eigenvalue weighted by atomic mass is 16.3. The van der Waals surface area contributed by atoms with Crippen LogP contribution in [0.4, 0.5) is 0 Å². The lowest BCUT2D eigenvalue weighted by molar-refractivity contribution is -0.123. The lowest BCUT2D eigenvalue weighted by atomic mass is 10.0. The number of rotatable bonds is 30. The summed E-state index contributed by atoms with van der Waals surface area (Å²) in [7, 11) is 0. The fraction of sp³-hybridized carbons (Fsp3) is 0.667. The predicted molar refractivity (Wildman–Crippen MR) is 188 cm³/mol. The van der Waals surface area contributed by atoms with E-state index in [2.05, 4.69) is 86.0 Å². The van der Waals surface area contributed by atoms with Gasteiger partial charge < -0.3 is 15.5 Å². The molecular weight excluding hydrogens is 530 g/mol. The highest BCUT2D eigenvalue weighted by Crippen LogP contribution is 2.14. The van der Waals surface area contributed by atoms with Gasteiger partial charge >= 0.3 is 0 Å². The van der Waals surface area contributed by atoms with Crippen LogP contribution in [-0.2, 0) is 4.79 Å². The molecule has 0 aromatic rings. The summed E-state index contributed by atoms with van der Waals surface area (Å²) in [5, 5.41) is 22.9. The third-order valence-electron chi connectivity index (χ3n) is 7.50. The minimum absolute atomic E-state index is 0.118. The summed E-state index contributed by atoms with van der Waals surface area (Å²) in [5.74, 6) is -0.118. The van der Waals surface area contributed by atoms with Gasteiger partial charge in [-0.3, -0.25) is 4.79 Å². The normalized spacial score (nSPS) is 14.0. The van der Waals surface area contributed by atoms with Crippen molar-refractivity contribution in [3.8, 4) is 0 Å². The predicted octanol–water partition coefficient (Wildman–Crippen LogP) is 10.4. The molecule has 0 aromatic carbocycles. The van der Waals surface area contributed by atoms with Gasteiger partial charge in [-0.2, -0.15) is 0 Å². The second kappa shape index (κ2) is 34.3. The lowest BCUT2D eigenvalue weighted by Crippen LogP contribution is -2.45. The maximum absolute atomic E-state index is 12.3. The molecule has 0 saturated heterocycles. The fourth-order valence-corrected chi connectivity index (χ4v) is 4.79. The van der Waals surface area contributed by atoms with Crippen molar-refractivity contribution in [2.24, 2.45) is 0 Å². The van der Waals surface area contributed by atoms with Gasteiger partial charge in [0.1, 0.15) is 0 Å². The van der Waals surface area contributed by atoms with Crippen LogP contribution in [0.1, 0.15) is 149 Å². The first-order chi connectivity index (χ1) is 21.2. The molecular formula is C39H67NO3. The number of amides is 1. The van der Waals surface area contributed by atoms with E-state index in [1.165, 1.54) is 64.2 Å². The van der Waals surface area contributed by atoms with Crippen LogP contribution in [0, 0.1) is 0 Å². The Bertz CT molecular complexity index is 777. The van der Waals surface area contributed by atoms with E-state index in [9.17, 15) is 15.0 Å². The molecule has 43 heavy (non-hydrogen) atoms. The van der Waals surface area contributed by atoms with Crippen LogP contribution in [0.5, 0.6) is 0 Å². The molecule has 0 aliphatic rings. The molecule has 0 aliphatic carbocycles. The number of carbonyl (C=O) groups is 1. The summed E-state index contributed by atoms with van der Waals surface area (Å²) >= 11 is 0. The fourth-order valence-electron chi connectivity index (χ4n) is 4.79. The van der Waals surface area contributed by atoms with Gasteiger partial charge in [0, 0.05) is 6.42 Å². The third-order valence-corrected chi connectivity index (χ3v) is 7.50. The Balaban J connectivity index is 3.78. The van der Waals surface area contributed by atoms with Gasteiger partial charge in [-0.15, -0.1) is 0 Å². The van der Waals surface area contributed by atoms with E-state index in [0.717, 1.165) is 51.4 Å². The third kappa shape index (κ3) is 31.1. The number of unbranched alkanes of at least 4 members (excludes halogenated alkanes) is 11. The van der Waals surface area contributed by atoms with Gasteiger partial charge in [0.05, 0.1) is 18.8 Å². The number of aliphatic hydroxyl groups excluding tert-OH is 2. The van der Waals surface area contributed by atoms with E-state index in [1.807, 2.05) is 6.08 Å². The average molecular weight is 598 g/mol. The number of hydrogen-bond donors (Lipinski definition) is 3. The molecule has 2 atom stereocenters. The Kier molecular flexibility index (Phi) is 32.6. The molecule has 0 fully saturated rings. The molecule has 0 radical (unpaired) electrons. The van der Waals surface area contributed by atoms with E-state index in [0.29, 0.717) is 19.3 Å². The minimum atomic E-state index is -0.692. The van der Waals surface area contributed by atoms with Crippen LogP contribution < -0.4 is 5.32 Å². The van der Waals surface area contributed by atoms with Crippen LogP contribution in [0.2, 0.25) is 0 Å². The second-order valence-electron chi connectivity index (χ2n) is 11.6. The zero-order chi connectivity index (χ0) is 31.5. The number of aliphatic hydroxyl groups is 2. The van der Waals surface area contributed by atoms with Crippen molar-refractivity contribution in [2.45, 2.75) is 161 Å². The van der Waals surface area contributed by atoms with Gasteiger partial charge in [-0.25, -0.2) is 0 Å². The van der Waals surface area contributed by atoms with Gasteiger partial charge in [-0.1, -0.05) is 164 Å². The number of allylic oxidation sites excluding steroid dienone is 12. The van der Waals surface area contributed by atoms with Crippen molar-refractivity contribution in [1.29, 1.82) is 0 Å². The van der Waals surface area contributed by atoms with Crippen molar-refractivity contribution in [1.82, 2.24) is 5.32 Å². The highest BCUT2D eigenvalue weighted by molar-refractivity contribution is 5.76. The number of hydrogen-bond acceptors (Lipinski definition) is 3. The summed E-state index contributed by atoms with van der Waals surface area (Å²) in [5.41, 5.74) is 0. The van der Waals surface area contributed by atoms with Gasteiger partial charge in [0.25, 0.3) is 0 Å². The Morgan fingerprint density at radius 2 is 0.977 bits per heavy atom. The summed E-state index contributed by atoms with van der Waals surface area (Å²) in [6, 6.07) is -0.578. The summed E-state index contributed by atoms with van der Waals surface area (Å²) in [6.07, 6.45) is 48.2. The van der Waals surface area contributed by atoms with E-state index < -0.39 is 12.1 Å². The zero-order valence-electron chi connectivity index (χ0n) is 27.9. The van der Waals surface area contributed by atoms with Crippen LogP contribution in [-0.4, -0.2) is 34.9 Å². The largest absolute Gasteiger partial charge is 0.394 e. The monoisotopic (exact) mass is 598 g/mol. The number of nitrogens with one attached hydrogen (secondary N) is 1. The zero-order valence-corrected chi connectivity index (χ0v) is 27.9. The molecule has 4 heteroatoms. The van der Waals surface area contributed by atoms with Gasteiger partial charge in [0.15, 0.2) is 0 Å². The molecule has 1 amide bonds. The van der Waals surface area contributed by atoms with Crippen molar-refractivity contribution >= 4 is 5.91 Å². The topological polar surface area (TPSA) is 69.6 Å². The van der Waals surface area contributed by atoms with Gasteiger partial charge in [-0.05, 0) is 51.4 Å². The van der Waals surface area contributed by atoms with Crippen LogP contribution >= 0.6 is 0 Å². The van der Waals surface area contributed by atoms with Crippen LogP contribution in [0.25, 0.3) is 0 Å². The van der Waals surface area contributed by atoms with Crippen LogP contribution in [0.3, 0.4) is 0 Å².